The molecule has 0 radical (unpaired) electrons. The summed E-state index contributed by atoms with van der Waals surface area (Å²) in [5.74, 6) is -0.573. The van der Waals surface area contributed by atoms with Crippen LogP contribution in [0.2, 0.25) is 0 Å². The molecule has 0 amide bonds. The van der Waals surface area contributed by atoms with Crippen LogP contribution in [0.15, 0.2) is 12.4 Å². The summed E-state index contributed by atoms with van der Waals surface area (Å²) in [6, 6.07) is -1.15. The summed E-state index contributed by atoms with van der Waals surface area (Å²) in [5.41, 5.74) is 6.44. The summed E-state index contributed by atoms with van der Waals surface area (Å²) in [4.78, 5) is 18.7. The van der Waals surface area contributed by atoms with Gasteiger partial charge < -0.3 is 15.6 Å². The zero-order chi connectivity index (χ0) is 12.3. The molecule has 1 aliphatic rings. The molecular weight excluding hydrogens is 222 g/mol. The first-order valence-corrected chi connectivity index (χ1v) is 5.56. The summed E-state index contributed by atoms with van der Waals surface area (Å²) in [5, 5.41) is 8.73. The van der Waals surface area contributed by atoms with Gasteiger partial charge in [0.15, 0.2) is 11.9 Å². The molecule has 3 N–H and O–H groups in total. The number of rotatable bonds is 3. The summed E-state index contributed by atoms with van der Waals surface area (Å²) in [6.45, 7) is 1.50. The highest BCUT2D eigenvalue weighted by Crippen LogP contribution is 2.25. The highest BCUT2D eigenvalue weighted by molar-refractivity contribution is 5.73. The third-order valence-electron chi connectivity index (χ3n) is 2.93. The van der Waals surface area contributed by atoms with Crippen molar-refractivity contribution in [2.24, 2.45) is 5.73 Å². The Morgan fingerprint density at radius 1 is 1.41 bits per heavy atom. The molecule has 0 bridgehead atoms. The number of carbonyl (C=O) groups is 1. The van der Waals surface area contributed by atoms with Gasteiger partial charge in [-0.1, -0.05) is 0 Å². The van der Waals surface area contributed by atoms with Crippen molar-refractivity contribution in [3.63, 3.8) is 0 Å². The summed E-state index contributed by atoms with van der Waals surface area (Å²) < 4.78 is 5.28. The van der Waals surface area contributed by atoms with Gasteiger partial charge in [-0.15, -0.1) is 0 Å². The third kappa shape index (κ3) is 2.78. The third-order valence-corrected chi connectivity index (χ3v) is 2.93. The Morgan fingerprint density at radius 2 is 2.00 bits per heavy atom. The predicted octanol–water partition coefficient (Wildman–Crippen LogP) is 0.455. The molecular formula is C11H15N3O3. The van der Waals surface area contributed by atoms with Gasteiger partial charge in [-0.05, 0) is 24.3 Å². The summed E-state index contributed by atoms with van der Waals surface area (Å²) >= 11 is 0. The van der Waals surface area contributed by atoms with E-state index in [1.165, 1.54) is 0 Å². The normalized spacial score (nSPS) is 18.9. The van der Waals surface area contributed by atoms with E-state index in [4.69, 9.17) is 15.6 Å². The van der Waals surface area contributed by atoms with Gasteiger partial charge in [0.2, 0.25) is 0 Å². The van der Waals surface area contributed by atoms with Gasteiger partial charge >= 0.3 is 5.97 Å². The fourth-order valence-corrected chi connectivity index (χ4v) is 1.86. The van der Waals surface area contributed by atoms with Gasteiger partial charge in [-0.25, -0.2) is 9.97 Å². The minimum absolute atomic E-state index is 0.147. The summed E-state index contributed by atoms with van der Waals surface area (Å²) in [7, 11) is 0. The molecule has 2 rings (SSSR count). The molecule has 1 aromatic heterocycles. The van der Waals surface area contributed by atoms with Crippen LogP contribution in [0.1, 0.15) is 36.2 Å². The molecule has 92 valence electrons. The molecule has 1 saturated heterocycles. The van der Waals surface area contributed by atoms with E-state index in [0.717, 1.165) is 31.6 Å². The van der Waals surface area contributed by atoms with Crippen molar-refractivity contribution in [2.75, 3.05) is 13.2 Å². The smallest absolute Gasteiger partial charge is 0.328 e. The molecule has 0 saturated carbocycles. The maximum Gasteiger partial charge on any atom is 0.328 e. The van der Waals surface area contributed by atoms with E-state index < -0.39 is 12.0 Å². The largest absolute Gasteiger partial charge is 0.480 e. The van der Waals surface area contributed by atoms with Crippen LogP contribution in [0.25, 0.3) is 0 Å². The number of aliphatic carboxylic acids is 1. The van der Waals surface area contributed by atoms with Crippen molar-refractivity contribution in [1.29, 1.82) is 0 Å². The quantitative estimate of drug-likeness (QED) is 0.792. The number of hydrogen-bond acceptors (Lipinski definition) is 5. The van der Waals surface area contributed by atoms with Crippen LogP contribution >= 0.6 is 0 Å². The van der Waals surface area contributed by atoms with Crippen LogP contribution in [0.3, 0.4) is 0 Å². The number of nitrogens with zero attached hydrogens (tertiary/aromatic N) is 2. The van der Waals surface area contributed by atoms with E-state index in [2.05, 4.69) is 9.97 Å². The van der Waals surface area contributed by atoms with Gasteiger partial charge in [0.25, 0.3) is 0 Å². The second-order valence-corrected chi connectivity index (χ2v) is 4.08. The van der Waals surface area contributed by atoms with Crippen molar-refractivity contribution in [3.8, 4) is 0 Å². The Kier molecular flexibility index (Phi) is 3.65. The number of hydrogen-bond donors (Lipinski definition) is 2. The molecule has 2 heterocycles. The highest BCUT2D eigenvalue weighted by atomic mass is 16.5. The molecule has 17 heavy (non-hydrogen) atoms. The minimum Gasteiger partial charge on any atom is -0.480 e. The first kappa shape index (κ1) is 11.9. The molecule has 1 unspecified atom stereocenters. The molecule has 6 heteroatoms. The van der Waals surface area contributed by atoms with Crippen molar-refractivity contribution in [3.05, 3.63) is 23.8 Å². The van der Waals surface area contributed by atoms with Crippen molar-refractivity contribution in [1.82, 2.24) is 9.97 Å². The van der Waals surface area contributed by atoms with Gasteiger partial charge in [0.1, 0.15) is 0 Å². The molecule has 1 aliphatic heterocycles. The minimum atomic E-state index is -1.15. The van der Waals surface area contributed by atoms with Crippen molar-refractivity contribution in [2.45, 2.75) is 24.8 Å². The second-order valence-electron chi connectivity index (χ2n) is 4.08. The SMILES string of the molecule is NC(C(=O)O)c1ncc(C2CCOCC2)cn1. The molecule has 1 aromatic rings. The topological polar surface area (TPSA) is 98.3 Å². The Labute approximate surface area is 98.8 Å². The van der Waals surface area contributed by atoms with Crippen LogP contribution in [0.4, 0.5) is 0 Å². The molecule has 1 atom stereocenters. The van der Waals surface area contributed by atoms with Crippen LogP contribution in [-0.4, -0.2) is 34.3 Å². The van der Waals surface area contributed by atoms with E-state index in [-0.39, 0.29) is 5.82 Å². The summed E-state index contributed by atoms with van der Waals surface area (Å²) in [6.07, 6.45) is 5.24. The molecule has 1 fully saturated rings. The maximum atomic E-state index is 10.7. The molecule has 0 spiro atoms. The molecule has 0 aromatic carbocycles. The lowest BCUT2D eigenvalue weighted by Gasteiger charge is -2.21. The molecule has 6 nitrogen and oxygen atoms in total. The fourth-order valence-electron chi connectivity index (χ4n) is 1.86. The Morgan fingerprint density at radius 3 is 2.53 bits per heavy atom. The second kappa shape index (κ2) is 5.20. The zero-order valence-electron chi connectivity index (χ0n) is 9.37. The number of carboxylic acid groups (broad SMARTS) is 1. The number of ether oxygens (including phenoxy) is 1. The average molecular weight is 237 g/mol. The Bertz CT molecular complexity index is 387. The van der Waals surface area contributed by atoms with Crippen LogP contribution in [0, 0.1) is 0 Å². The van der Waals surface area contributed by atoms with Gasteiger partial charge in [0, 0.05) is 25.6 Å². The Balaban J connectivity index is 2.09. The number of aromatic nitrogens is 2. The first-order valence-electron chi connectivity index (χ1n) is 5.56. The van der Waals surface area contributed by atoms with Crippen molar-refractivity contribution < 1.29 is 14.6 Å². The van der Waals surface area contributed by atoms with Crippen molar-refractivity contribution >= 4 is 5.97 Å². The van der Waals surface area contributed by atoms with Gasteiger partial charge in [-0.2, -0.15) is 0 Å². The lowest BCUT2D eigenvalue weighted by atomic mass is 9.94. The van der Waals surface area contributed by atoms with E-state index in [1.807, 2.05) is 0 Å². The van der Waals surface area contributed by atoms with E-state index in [0.29, 0.717) is 5.92 Å². The maximum absolute atomic E-state index is 10.7. The van der Waals surface area contributed by atoms with Gasteiger partial charge in [0.05, 0.1) is 0 Å². The molecule has 0 aliphatic carbocycles. The fraction of sp³-hybridized carbons (Fsp3) is 0.545. The van der Waals surface area contributed by atoms with E-state index >= 15 is 0 Å². The van der Waals surface area contributed by atoms with Crippen LogP contribution in [-0.2, 0) is 9.53 Å². The lowest BCUT2D eigenvalue weighted by Crippen LogP contribution is -2.23. The van der Waals surface area contributed by atoms with E-state index in [9.17, 15) is 4.79 Å². The monoisotopic (exact) mass is 237 g/mol. The zero-order valence-corrected chi connectivity index (χ0v) is 9.37. The Hall–Kier alpha value is -1.53. The highest BCUT2D eigenvalue weighted by Gasteiger charge is 2.20. The van der Waals surface area contributed by atoms with Crippen LogP contribution in [0.5, 0.6) is 0 Å². The number of nitrogens with two attached hydrogens (primary N) is 1. The van der Waals surface area contributed by atoms with Gasteiger partial charge in [-0.3, -0.25) is 4.79 Å². The van der Waals surface area contributed by atoms with E-state index in [1.54, 1.807) is 12.4 Å². The first-order chi connectivity index (χ1) is 8.18. The number of carboxylic acids is 1. The average Bonchev–Trinajstić information content (AvgIpc) is 2.39. The lowest BCUT2D eigenvalue weighted by molar-refractivity contribution is -0.138. The predicted molar refractivity (Wildman–Crippen MR) is 59.4 cm³/mol. The standard InChI is InChI=1S/C11H15N3O3/c12-9(11(15)16)10-13-5-8(6-14-10)7-1-3-17-4-2-7/h5-7,9H,1-4,12H2,(H,15,16). The van der Waals surface area contributed by atoms with Crippen LogP contribution < -0.4 is 5.73 Å².